The van der Waals surface area contributed by atoms with Crippen LogP contribution in [0.2, 0.25) is 0 Å². The van der Waals surface area contributed by atoms with Gasteiger partial charge in [0.2, 0.25) is 0 Å². The summed E-state index contributed by atoms with van der Waals surface area (Å²) in [5.74, 6) is -0.0723. The second kappa shape index (κ2) is 8.45. The maximum absolute atomic E-state index is 11.4. The third-order valence-corrected chi connectivity index (χ3v) is 10.0. The summed E-state index contributed by atoms with van der Waals surface area (Å²) in [6.45, 7) is 14.1. The van der Waals surface area contributed by atoms with E-state index in [9.17, 15) is 4.57 Å². The number of nitrogen functional groups attached to an aromatic ring is 1. The van der Waals surface area contributed by atoms with Gasteiger partial charge in [-0.3, -0.25) is 4.52 Å². The molecule has 2 saturated heterocycles. The van der Waals surface area contributed by atoms with Gasteiger partial charge < -0.3 is 24.1 Å². The summed E-state index contributed by atoms with van der Waals surface area (Å²) in [4.78, 5) is 4.09. The molecule has 2 N–H and O–H groups in total. The average molecular weight is 549 g/mol. The fourth-order valence-corrected chi connectivity index (χ4v) is 7.97. The number of rotatable bonds is 7. The molecule has 2 aromatic rings. The van der Waals surface area contributed by atoms with Crippen molar-refractivity contribution in [3.63, 3.8) is 0 Å². The lowest BCUT2D eigenvalue weighted by molar-refractivity contribution is -0.196. The zero-order chi connectivity index (χ0) is 26.4. The highest BCUT2D eigenvalue weighted by Crippen LogP contribution is 2.68. The van der Waals surface area contributed by atoms with Crippen molar-refractivity contribution >= 4 is 32.1 Å². The van der Waals surface area contributed by atoms with E-state index in [2.05, 4.69) is 23.6 Å². The molecule has 4 fully saturated rings. The van der Waals surface area contributed by atoms with E-state index >= 15 is 0 Å². The van der Waals surface area contributed by atoms with Gasteiger partial charge in [0.15, 0.2) is 17.2 Å². The molecule has 12 heteroatoms. The molecule has 1 spiro atoms. The molecule has 0 radical (unpaired) electrons. The van der Waals surface area contributed by atoms with Gasteiger partial charge in [0.1, 0.15) is 35.8 Å². The van der Waals surface area contributed by atoms with E-state index in [1.54, 1.807) is 4.52 Å². The Morgan fingerprint density at radius 3 is 2.81 bits per heavy atom. The first-order valence-electron chi connectivity index (χ1n) is 12.6. The number of allylic oxidation sites excluding steroid dienone is 1. The summed E-state index contributed by atoms with van der Waals surface area (Å²) in [7, 11) is -0.329. The van der Waals surface area contributed by atoms with Crippen LogP contribution >= 0.6 is 20.7 Å². The van der Waals surface area contributed by atoms with Crippen LogP contribution in [0.1, 0.15) is 59.6 Å². The third-order valence-electron chi connectivity index (χ3n) is 8.53. The minimum Gasteiger partial charge on any atom is -0.382 e. The average Bonchev–Trinajstić information content (AvgIpc) is 3.14. The first kappa shape index (κ1) is 25.7. The quantitative estimate of drug-likeness (QED) is 0.299. The predicted octanol–water partition coefficient (Wildman–Crippen LogP) is 4.59. The molecule has 37 heavy (non-hydrogen) atoms. The predicted molar refractivity (Wildman–Crippen MR) is 138 cm³/mol. The lowest BCUT2D eigenvalue weighted by Gasteiger charge is -2.42. The lowest BCUT2D eigenvalue weighted by Crippen LogP contribution is -2.46. The normalized spacial score (nSPS) is 42.1. The van der Waals surface area contributed by atoms with Gasteiger partial charge >= 0.3 is 8.69 Å². The van der Waals surface area contributed by atoms with Crippen LogP contribution in [0.5, 0.6) is 0 Å². The van der Waals surface area contributed by atoms with Crippen LogP contribution in [-0.4, -0.2) is 55.1 Å². The van der Waals surface area contributed by atoms with Gasteiger partial charge in [-0.1, -0.05) is 12.2 Å². The summed E-state index contributed by atoms with van der Waals surface area (Å²) in [5, 5.41) is 4.42. The van der Waals surface area contributed by atoms with Crippen LogP contribution < -0.4 is 5.73 Å². The zero-order valence-corrected chi connectivity index (χ0v) is 23.4. The van der Waals surface area contributed by atoms with E-state index in [-0.39, 0.29) is 31.7 Å². The van der Waals surface area contributed by atoms with Crippen LogP contribution in [0.3, 0.4) is 0 Å². The summed E-state index contributed by atoms with van der Waals surface area (Å²) >= 11 is 1.38. The maximum Gasteiger partial charge on any atom is 0.327 e. The lowest BCUT2D eigenvalue weighted by atomic mass is 9.77. The fraction of sp³-hybridized carbons (Fsp3) is 0.680. The number of hydrogen-bond donors (Lipinski definition) is 1. The zero-order valence-electron chi connectivity index (χ0n) is 21.7. The molecule has 8 atom stereocenters. The van der Waals surface area contributed by atoms with Crippen molar-refractivity contribution in [2.75, 3.05) is 5.73 Å². The Morgan fingerprint density at radius 1 is 1.30 bits per heavy atom. The molecule has 0 amide bonds. The second-order valence-corrected chi connectivity index (χ2v) is 13.2. The summed E-state index contributed by atoms with van der Waals surface area (Å²) in [5.41, 5.74) is 7.12. The molecule has 6 rings (SSSR count). The number of nitrogens with two attached hydrogens (primary N) is 1. The molecule has 2 aliphatic heterocycles. The molecule has 2 aliphatic carbocycles. The topological polar surface area (TPSA) is 119 Å². The second-order valence-electron chi connectivity index (χ2n) is 11.6. The fourth-order valence-electron chi connectivity index (χ4n) is 6.45. The molecule has 10 nitrogen and oxygen atoms in total. The maximum atomic E-state index is 11.4. The Hall–Kier alpha value is -1.59. The molecule has 0 bridgehead atoms. The SMILES string of the molecule is C=C(C)[C@H]1CC[C@@](C)(SOC2[C@H]3O[C@@](C)(c4ccc5c(N)ncnn45)[C@@H]4OC(C)(C)O[C@]234)[C@H](OP=O)C1. The summed E-state index contributed by atoms with van der Waals surface area (Å²) < 4.78 is 44.6. The molecule has 0 aromatic carbocycles. The number of hydrogen-bond acceptors (Lipinski definition) is 10. The molecule has 2 saturated carbocycles. The van der Waals surface area contributed by atoms with Crippen LogP contribution in [-0.2, 0) is 33.1 Å². The van der Waals surface area contributed by atoms with Crippen LogP contribution in [0.25, 0.3) is 5.52 Å². The highest BCUT2D eigenvalue weighted by atomic mass is 32.2. The minimum absolute atomic E-state index is 0.236. The first-order valence-corrected chi connectivity index (χ1v) is 14.1. The monoisotopic (exact) mass is 548 g/mol. The van der Waals surface area contributed by atoms with Crippen molar-refractivity contribution < 1.29 is 27.5 Å². The molecular formula is C25H33N4O6PS. The van der Waals surface area contributed by atoms with Gasteiger partial charge in [0.05, 0.1) is 16.5 Å². The van der Waals surface area contributed by atoms with Crippen LogP contribution in [0.15, 0.2) is 30.6 Å². The molecule has 1 unspecified atom stereocenters. The Kier molecular flexibility index (Phi) is 5.87. The van der Waals surface area contributed by atoms with Crippen molar-refractivity contribution in [3.8, 4) is 0 Å². The van der Waals surface area contributed by atoms with Crippen molar-refractivity contribution in [1.29, 1.82) is 0 Å². The summed E-state index contributed by atoms with van der Waals surface area (Å²) in [6.07, 6.45) is 2.70. The highest BCUT2D eigenvalue weighted by Gasteiger charge is 2.87. The van der Waals surface area contributed by atoms with E-state index in [1.165, 1.54) is 18.4 Å². The number of nitrogens with zero attached hydrogens (tertiary/aromatic N) is 3. The van der Waals surface area contributed by atoms with Gasteiger partial charge in [-0.15, -0.1) is 0 Å². The van der Waals surface area contributed by atoms with E-state index in [1.807, 2.05) is 39.8 Å². The van der Waals surface area contributed by atoms with Crippen molar-refractivity contribution in [1.82, 2.24) is 14.6 Å². The minimum atomic E-state index is -0.841. The Labute approximate surface area is 222 Å². The van der Waals surface area contributed by atoms with Gasteiger partial charge in [-0.2, -0.15) is 5.10 Å². The van der Waals surface area contributed by atoms with Gasteiger partial charge in [0, 0.05) is 12.0 Å². The van der Waals surface area contributed by atoms with Gasteiger partial charge in [-0.25, -0.2) is 14.1 Å². The van der Waals surface area contributed by atoms with E-state index in [0.717, 1.165) is 30.5 Å². The van der Waals surface area contributed by atoms with Crippen molar-refractivity contribution in [2.45, 2.75) is 100 Å². The molecule has 4 aliphatic rings. The van der Waals surface area contributed by atoms with Crippen LogP contribution in [0.4, 0.5) is 5.82 Å². The van der Waals surface area contributed by atoms with Crippen molar-refractivity contribution in [3.05, 3.63) is 36.3 Å². The Bertz CT molecular complexity index is 1280. The van der Waals surface area contributed by atoms with Gasteiger partial charge in [0.25, 0.3) is 0 Å². The summed E-state index contributed by atoms with van der Waals surface area (Å²) in [6, 6.07) is 3.83. The van der Waals surface area contributed by atoms with Crippen molar-refractivity contribution in [2.24, 2.45) is 5.92 Å². The molecular weight excluding hydrogens is 515 g/mol. The van der Waals surface area contributed by atoms with Gasteiger partial charge in [-0.05, 0) is 71.9 Å². The molecule has 4 heterocycles. The van der Waals surface area contributed by atoms with E-state index in [0.29, 0.717) is 17.3 Å². The van der Waals surface area contributed by atoms with E-state index < -0.39 is 23.1 Å². The number of aromatic nitrogens is 3. The Morgan fingerprint density at radius 2 is 2.08 bits per heavy atom. The molecule has 200 valence electrons. The largest absolute Gasteiger partial charge is 0.382 e. The molecule has 2 aromatic heterocycles. The highest BCUT2D eigenvalue weighted by molar-refractivity contribution is 7.96. The van der Waals surface area contributed by atoms with E-state index in [4.69, 9.17) is 28.7 Å². The number of fused-ring (bicyclic) bond motifs is 1. The number of ether oxygens (including phenoxy) is 3. The third kappa shape index (κ3) is 3.73. The smallest absolute Gasteiger partial charge is 0.327 e. The standard InChI is InChI=1S/C25H33N4O6PS/c1-13(2)14-9-10-23(5,17(11-14)33-36-30)37-34-19-18-25(19)21(32-22(3,4)35-25)24(6,31-18)16-8-7-15-20(26)27-12-28-29(15)16/h7-8,12,14,17-19,21H,1,9-11H2,2-6H3,(H2,26,27,28)/t14-,17+,18+,19?,21-,23+,24-,25-/m0/s1. The first-order chi connectivity index (χ1) is 17.4. The Balaban J connectivity index is 1.25. The van der Waals surface area contributed by atoms with Crippen LogP contribution in [0, 0.1) is 5.92 Å². The number of anilines is 1.